The van der Waals surface area contributed by atoms with Crippen LogP contribution in [0.4, 0.5) is 10.1 Å². The SMILES string of the molecule is CCCNC(=O)[C@@H](C)N(Cc1cccc(OC)c1)C(=O)CN(c1ccc(F)c(Cl)c1)S(C)(=O)=O. The van der Waals surface area contributed by atoms with Crippen molar-refractivity contribution in [1.29, 1.82) is 0 Å². The second-order valence-corrected chi connectivity index (χ2v) is 10.0. The van der Waals surface area contributed by atoms with Gasteiger partial charge in [0.15, 0.2) is 0 Å². The van der Waals surface area contributed by atoms with Gasteiger partial charge in [-0.2, -0.15) is 0 Å². The summed E-state index contributed by atoms with van der Waals surface area (Å²) in [5, 5.41) is 2.48. The molecule has 0 aliphatic rings. The van der Waals surface area contributed by atoms with Crippen molar-refractivity contribution in [1.82, 2.24) is 10.2 Å². The number of carbonyl (C=O) groups is 2. The Kier molecular flexibility index (Phi) is 9.69. The maximum Gasteiger partial charge on any atom is 0.244 e. The molecular formula is C23H29ClFN3O5S. The summed E-state index contributed by atoms with van der Waals surface area (Å²) < 4.78 is 44.7. The summed E-state index contributed by atoms with van der Waals surface area (Å²) in [6.45, 7) is 3.35. The van der Waals surface area contributed by atoms with Gasteiger partial charge in [0, 0.05) is 13.1 Å². The number of amides is 2. The molecule has 0 aliphatic heterocycles. The second kappa shape index (κ2) is 12.0. The molecule has 0 radical (unpaired) electrons. The van der Waals surface area contributed by atoms with E-state index in [1.165, 1.54) is 18.1 Å². The van der Waals surface area contributed by atoms with Crippen LogP contribution >= 0.6 is 11.6 Å². The molecule has 2 amide bonds. The molecule has 2 aromatic carbocycles. The lowest BCUT2D eigenvalue weighted by molar-refractivity contribution is -0.139. The Labute approximate surface area is 204 Å². The van der Waals surface area contributed by atoms with Crippen LogP contribution in [0.1, 0.15) is 25.8 Å². The van der Waals surface area contributed by atoms with E-state index in [0.29, 0.717) is 17.9 Å². The van der Waals surface area contributed by atoms with Crippen molar-refractivity contribution in [3.63, 3.8) is 0 Å². The van der Waals surface area contributed by atoms with Gasteiger partial charge in [-0.25, -0.2) is 12.8 Å². The molecule has 1 N–H and O–H groups in total. The number of carbonyl (C=O) groups excluding carboxylic acids is 2. The minimum atomic E-state index is -3.94. The summed E-state index contributed by atoms with van der Waals surface area (Å²) >= 11 is 5.83. The van der Waals surface area contributed by atoms with Crippen LogP contribution in [0.2, 0.25) is 5.02 Å². The topological polar surface area (TPSA) is 96.0 Å². The third-order valence-electron chi connectivity index (χ3n) is 5.07. The number of hydrogen-bond donors (Lipinski definition) is 1. The number of nitrogens with one attached hydrogen (secondary N) is 1. The zero-order chi connectivity index (χ0) is 25.5. The minimum absolute atomic E-state index is 0.0340. The third-order valence-corrected chi connectivity index (χ3v) is 6.50. The largest absolute Gasteiger partial charge is 0.497 e. The highest BCUT2D eigenvalue weighted by atomic mass is 35.5. The number of benzene rings is 2. The maximum atomic E-state index is 13.6. The van der Waals surface area contributed by atoms with Crippen LogP contribution in [-0.4, -0.2) is 57.6 Å². The van der Waals surface area contributed by atoms with Crippen LogP contribution in [0.25, 0.3) is 0 Å². The lowest BCUT2D eigenvalue weighted by atomic mass is 10.1. The molecule has 11 heteroatoms. The molecule has 1 atom stereocenters. The lowest BCUT2D eigenvalue weighted by Gasteiger charge is -2.31. The average molecular weight is 514 g/mol. The summed E-state index contributed by atoms with van der Waals surface area (Å²) in [6.07, 6.45) is 1.65. The van der Waals surface area contributed by atoms with E-state index in [9.17, 15) is 22.4 Å². The first kappa shape index (κ1) is 27.4. The molecule has 0 aromatic heterocycles. The van der Waals surface area contributed by atoms with E-state index in [0.717, 1.165) is 29.1 Å². The molecular weight excluding hydrogens is 485 g/mol. The van der Waals surface area contributed by atoms with Crippen LogP contribution < -0.4 is 14.4 Å². The summed E-state index contributed by atoms with van der Waals surface area (Å²) in [4.78, 5) is 27.4. The van der Waals surface area contributed by atoms with E-state index in [1.807, 2.05) is 6.92 Å². The van der Waals surface area contributed by atoms with Gasteiger partial charge in [-0.3, -0.25) is 13.9 Å². The van der Waals surface area contributed by atoms with Crippen molar-refractivity contribution < 1.29 is 27.1 Å². The van der Waals surface area contributed by atoms with Crippen LogP contribution in [0.15, 0.2) is 42.5 Å². The van der Waals surface area contributed by atoms with Crippen LogP contribution in [-0.2, 0) is 26.2 Å². The highest BCUT2D eigenvalue weighted by Gasteiger charge is 2.30. The Morgan fingerprint density at radius 2 is 1.91 bits per heavy atom. The quantitative estimate of drug-likeness (QED) is 0.498. The first-order valence-corrected chi connectivity index (χ1v) is 12.8. The number of sulfonamides is 1. The van der Waals surface area contributed by atoms with E-state index in [2.05, 4.69) is 5.32 Å². The number of anilines is 1. The van der Waals surface area contributed by atoms with Gasteiger partial charge in [-0.1, -0.05) is 30.7 Å². The number of halogens is 2. The molecule has 0 unspecified atom stereocenters. The maximum absolute atomic E-state index is 13.6. The highest BCUT2D eigenvalue weighted by Crippen LogP contribution is 2.25. The van der Waals surface area contributed by atoms with Crippen molar-refractivity contribution in [2.45, 2.75) is 32.9 Å². The molecule has 2 aromatic rings. The van der Waals surface area contributed by atoms with E-state index in [1.54, 1.807) is 31.2 Å². The summed E-state index contributed by atoms with van der Waals surface area (Å²) in [7, 11) is -2.42. The fourth-order valence-corrected chi connectivity index (χ4v) is 4.22. The zero-order valence-electron chi connectivity index (χ0n) is 19.5. The van der Waals surface area contributed by atoms with Crippen molar-refractivity contribution >= 4 is 39.1 Å². The smallest absolute Gasteiger partial charge is 0.244 e. The van der Waals surface area contributed by atoms with Crippen LogP contribution in [0.3, 0.4) is 0 Å². The van der Waals surface area contributed by atoms with Gasteiger partial charge in [-0.15, -0.1) is 0 Å². The molecule has 0 saturated heterocycles. The first-order chi connectivity index (χ1) is 16.0. The standard InChI is InChI=1S/C23H29ClFN3O5S/c1-5-11-26-23(30)16(2)27(14-17-7-6-8-19(12-17)33-3)22(29)15-28(34(4,31)32)18-9-10-21(25)20(24)13-18/h6-10,12-13,16H,5,11,14-15H2,1-4H3,(H,26,30)/t16-/m1/s1. The van der Waals surface area contributed by atoms with Crippen LogP contribution in [0.5, 0.6) is 5.75 Å². The minimum Gasteiger partial charge on any atom is -0.497 e. The second-order valence-electron chi connectivity index (χ2n) is 7.71. The van der Waals surface area contributed by atoms with Gasteiger partial charge in [0.25, 0.3) is 0 Å². The Bertz CT molecular complexity index is 1130. The molecule has 0 heterocycles. The normalized spacial score (nSPS) is 12.1. The van der Waals surface area contributed by atoms with Crippen molar-refractivity contribution in [3.8, 4) is 5.75 Å². The Balaban J connectivity index is 2.40. The third kappa shape index (κ3) is 7.33. The van der Waals surface area contributed by atoms with E-state index >= 15 is 0 Å². The number of ether oxygens (including phenoxy) is 1. The van der Waals surface area contributed by atoms with Gasteiger partial charge < -0.3 is 15.0 Å². The summed E-state index contributed by atoms with van der Waals surface area (Å²) in [5.41, 5.74) is 0.727. The lowest BCUT2D eigenvalue weighted by Crippen LogP contribution is -2.51. The molecule has 0 fully saturated rings. The molecule has 0 bridgehead atoms. The number of rotatable bonds is 11. The van der Waals surface area contributed by atoms with Gasteiger partial charge in [-0.05, 0) is 49.2 Å². The number of nitrogens with zero attached hydrogens (tertiary/aromatic N) is 2. The number of methoxy groups -OCH3 is 1. The zero-order valence-corrected chi connectivity index (χ0v) is 21.1. The summed E-state index contributed by atoms with van der Waals surface area (Å²) in [6, 6.07) is 9.49. The molecule has 186 valence electrons. The van der Waals surface area contributed by atoms with Gasteiger partial charge in [0.2, 0.25) is 21.8 Å². The highest BCUT2D eigenvalue weighted by molar-refractivity contribution is 7.92. The fraction of sp³-hybridized carbons (Fsp3) is 0.391. The molecule has 2 rings (SSSR count). The van der Waals surface area contributed by atoms with Gasteiger partial charge >= 0.3 is 0 Å². The van der Waals surface area contributed by atoms with Crippen molar-refractivity contribution in [2.75, 3.05) is 30.8 Å². The monoisotopic (exact) mass is 513 g/mol. The van der Waals surface area contributed by atoms with Crippen LogP contribution in [0, 0.1) is 5.82 Å². The van der Waals surface area contributed by atoms with E-state index < -0.39 is 34.3 Å². The summed E-state index contributed by atoms with van der Waals surface area (Å²) in [5.74, 6) is -1.13. The predicted octanol–water partition coefficient (Wildman–Crippen LogP) is 3.20. The average Bonchev–Trinajstić information content (AvgIpc) is 2.80. The molecule has 34 heavy (non-hydrogen) atoms. The molecule has 0 aliphatic carbocycles. The Morgan fingerprint density at radius 3 is 2.50 bits per heavy atom. The predicted molar refractivity (Wildman–Crippen MR) is 130 cm³/mol. The van der Waals surface area contributed by atoms with Crippen molar-refractivity contribution in [3.05, 3.63) is 58.9 Å². The van der Waals surface area contributed by atoms with Gasteiger partial charge in [0.05, 0.1) is 24.1 Å². The molecule has 0 spiro atoms. The van der Waals surface area contributed by atoms with Crippen molar-refractivity contribution in [2.24, 2.45) is 0 Å². The first-order valence-electron chi connectivity index (χ1n) is 10.6. The van der Waals surface area contributed by atoms with E-state index in [4.69, 9.17) is 16.3 Å². The number of hydrogen-bond acceptors (Lipinski definition) is 5. The molecule has 8 nitrogen and oxygen atoms in total. The Hall–Kier alpha value is -2.85. The van der Waals surface area contributed by atoms with Gasteiger partial charge in [0.1, 0.15) is 24.2 Å². The fourth-order valence-electron chi connectivity index (χ4n) is 3.20. The molecule has 0 saturated carbocycles. The Morgan fingerprint density at radius 1 is 1.21 bits per heavy atom. The van der Waals surface area contributed by atoms with E-state index in [-0.39, 0.29) is 23.2 Å².